The van der Waals surface area contributed by atoms with Crippen LogP contribution in [0.4, 0.5) is 0 Å². The summed E-state index contributed by atoms with van der Waals surface area (Å²) in [6, 6.07) is 9.19. The number of nitrogens with one attached hydrogen (secondary N) is 1. The topological polar surface area (TPSA) is 41.6 Å². The fraction of sp³-hybridized carbons (Fsp3) is 0.650. The van der Waals surface area contributed by atoms with Crippen molar-refractivity contribution < 1.29 is 9.53 Å². The highest BCUT2D eigenvalue weighted by molar-refractivity contribution is 5.77. The third-order valence-electron chi connectivity index (χ3n) is 5.38. The van der Waals surface area contributed by atoms with Crippen LogP contribution in [0.15, 0.2) is 24.3 Å². The normalized spacial score (nSPS) is 20.6. The van der Waals surface area contributed by atoms with Crippen LogP contribution < -0.4 is 10.1 Å². The molecule has 0 spiro atoms. The molecule has 3 rings (SSSR count). The number of para-hydroxylation sites is 1. The molecule has 2 aliphatic rings. The van der Waals surface area contributed by atoms with Crippen LogP contribution in [0.25, 0.3) is 0 Å². The molecule has 0 radical (unpaired) electrons. The van der Waals surface area contributed by atoms with E-state index in [0.717, 1.165) is 44.1 Å². The number of hydrogen-bond donors (Lipinski definition) is 1. The lowest BCUT2D eigenvalue weighted by Gasteiger charge is -2.32. The van der Waals surface area contributed by atoms with Crippen molar-refractivity contribution in [2.45, 2.75) is 64.0 Å². The highest BCUT2D eigenvalue weighted by Gasteiger charge is 2.32. The molecule has 2 fully saturated rings. The van der Waals surface area contributed by atoms with Gasteiger partial charge < -0.3 is 15.0 Å². The van der Waals surface area contributed by atoms with Crippen molar-refractivity contribution in [1.29, 1.82) is 0 Å². The zero-order chi connectivity index (χ0) is 16.9. The maximum absolute atomic E-state index is 12.2. The molecule has 0 aromatic heterocycles. The third-order valence-corrected chi connectivity index (χ3v) is 5.38. The van der Waals surface area contributed by atoms with Crippen LogP contribution in [0.5, 0.6) is 5.75 Å². The van der Waals surface area contributed by atoms with Crippen LogP contribution in [0, 0.1) is 0 Å². The molecule has 132 valence electrons. The van der Waals surface area contributed by atoms with Gasteiger partial charge in [0.25, 0.3) is 5.91 Å². The van der Waals surface area contributed by atoms with Crippen molar-refractivity contribution in [3.05, 3.63) is 29.8 Å². The number of carbonyl (C=O) groups excluding carboxylic acids is 1. The number of ether oxygens (including phenoxy) is 1. The van der Waals surface area contributed by atoms with Gasteiger partial charge in [0.05, 0.1) is 0 Å². The molecular formula is C20H30N2O2. The van der Waals surface area contributed by atoms with Gasteiger partial charge in [-0.1, -0.05) is 32.0 Å². The maximum atomic E-state index is 12.2. The molecule has 1 aromatic carbocycles. The summed E-state index contributed by atoms with van der Waals surface area (Å²) in [4.78, 5) is 14.8. The van der Waals surface area contributed by atoms with Gasteiger partial charge >= 0.3 is 0 Å². The largest absolute Gasteiger partial charge is 0.483 e. The minimum Gasteiger partial charge on any atom is -0.483 e. The first kappa shape index (κ1) is 17.3. The Hall–Kier alpha value is -1.55. The number of benzene rings is 1. The van der Waals surface area contributed by atoms with Crippen molar-refractivity contribution in [3.8, 4) is 5.75 Å². The number of rotatable bonds is 7. The standard InChI is InChI=1S/C20H30N2O2/c1-3-15(2)18-6-4-5-7-19(18)24-14-20(23)21-16-10-12-22(13-11-16)17-8-9-17/h4-7,15-17H,3,8-14H2,1-2H3,(H,21,23)/t15-/m1/s1. The average Bonchev–Trinajstić information content (AvgIpc) is 3.45. The van der Waals surface area contributed by atoms with Gasteiger partial charge in [-0.2, -0.15) is 0 Å². The predicted octanol–water partition coefficient (Wildman–Crippen LogP) is 3.32. The van der Waals surface area contributed by atoms with Crippen molar-refractivity contribution in [1.82, 2.24) is 10.2 Å². The highest BCUT2D eigenvalue weighted by Crippen LogP contribution is 2.29. The Morgan fingerprint density at radius 3 is 2.62 bits per heavy atom. The first-order valence-corrected chi connectivity index (χ1v) is 9.42. The highest BCUT2D eigenvalue weighted by atomic mass is 16.5. The zero-order valence-electron chi connectivity index (χ0n) is 15.0. The summed E-state index contributed by atoms with van der Waals surface area (Å²) in [5.41, 5.74) is 1.19. The molecule has 4 nitrogen and oxygen atoms in total. The monoisotopic (exact) mass is 330 g/mol. The van der Waals surface area contributed by atoms with E-state index < -0.39 is 0 Å². The number of amides is 1. The van der Waals surface area contributed by atoms with E-state index in [1.807, 2.05) is 18.2 Å². The third kappa shape index (κ3) is 4.50. The van der Waals surface area contributed by atoms with Crippen LogP contribution in [0.3, 0.4) is 0 Å². The number of nitrogens with zero attached hydrogens (tertiary/aromatic N) is 1. The van der Waals surface area contributed by atoms with E-state index in [0.29, 0.717) is 12.0 Å². The Labute approximate surface area is 145 Å². The van der Waals surface area contributed by atoms with Crippen molar-refractivity contribution >= 4 is 5.91 Å². The molecule has 1 aromatic rings. The summed E-state index contributed by atoms with van der Waals surface area (Å²) in [7, 11) is 0. The van der Waals surface area contributed by atoms with Crippen molar-refractivity contribution in [2.75, 3.05) is 19.7 Å². The molecule has 1 amide bonds. The average molecular weight is 330 g/mol. The second-order valence-electron chi connectivity index (χ2n) is 7.24. The van der Waals surface area contributed by atoms with Crippen molar-refractivity contribution in [2.24, 2.45) is 0 Å². The van der Waals surface area contributed by atoms with Gasteiger partial charge in [-0.05, 0) is 49.7 Å². The summed E-state index contributed by atoms with van der Waals surface area (Å²) >= 11 is 0. The molecule has 24 heavy (non-hydrogen) atoms. The number of carbonyl (C=O) groups is 1. The first-order chi connectivity index (χ1) is 11.7. The lowest BCUT2D eigenvalue weighted by Crippen LogP contribution is -2.46. The zero-order valence-corrected chi connectivity index (χ0v) is 15.0. The van der Waals surface area contributed by atoms with E-state index in [4.69, 9.17) is 4.74 Å². The fourth-order valence-electron chi connectivity index (χ4n) is 3.50. The first-order valence-electron chi connectivity index (χ1n) is 9.42. The van der Waals surface area contributed by atoms with E-state index in [1.165, 1.54) is 18.4 Å². The molecule has 4 heteroatoms. The van der Waals surface area contributed by atoms with Gasteiger partial charge in [-0.3, -0.25) is 4.79 Å². The smallest absolute Gasteiger partial charge is 0.258 e. The summed E-state index contributed by atoms with van der Waals surface area (Å²) < 4.78 is 5.81. The van der Waals surface area contributed by atoms with Crippen LogP contribution in [0.1, 0.15) is 57.4 Å². The molecule has 1 heterocycles. The second kappa shape index (κ2) is 8.02. The second-order valence-corrected chi connectivity index (χ2v) is 7.24. The Balaban J connectivity index is 1.44. The molecule has 1 N–H and O–H groups in total. The molecule has 1 aliphatic carbocycles. The van der Waals surface area contributed by atoms with Gasteiger partial charge in [0.2, 0.25) is 0 Å². The fourth-order valence-corrected chi connectivity index (χ4v) is 3.50. The Bertz CT molecular complexity index is 548. The van der Waals surface area contributed by atoms with E-state index >= 15 is 0 Å². The number of piperidine rings is 1. The Morgan fingerprint density at radius 1 is 1.25 bits per heavy atom. The lowest BCUT2D eigenvalue weighted by atomic mass is 9.98. The summed E-state index contributed by atoms with van der Waals surface area (Å²) in [6.07, 6.45) is 5.91. The van der Waals surface area contributed by atoms with E-state index in [-0.39, 0.29) is 12.5 Å². The van der Waals surface area contributed by atoms with E-state index in [9.17, 15) is 4.79 Å². The molecule has 1 atom stereocenters. The number of hydrogen-bond acceptors (Lipinski definition) is 3. The van der Waals surface area contributed by atoms with Crippen LogP contribution in [-0.2, 0) is 4.79 Å². The molecule has 0 unspecified atom stereocenters. The van der Waals surface area contributed by atoms with Gasteiger partial charge in [0.1, 0.15) is 5.75 Å². The Kier molecular flexibility index (Phi) is 5.77. The van der Waals surface area contributed by atoms with Gasteiger partial charge in [0, 0.05) is 25.2 Å². The minimum atomic E-state index is -0.00109. The molecular weight excluding hydrogens is 300 g/mol. The van der Waals surface area contributed by atoms with Gasteiger partial charge in [-0.15, -0.1) is 0 Å². The van der Waals surface area contributed by atoms with Crippen LogP contribution in [0.2, 0.25) is 0 Å². The Morgan fingerprint density at radius 2 is 1.96 bits per heavy atom. The predicted molar refractivity (Wildman–Crippen MR) is 96.4 cm³/mol. The minimum absolute atomic E-state index is 0.00109. The van der Waals surface area contributed by atoms with Crippen molar-refractivity contribution in [3.63, 3.8) is 0 Å². The molecule has 1 aliphatic heterocycles. The summed E-state index contributed by atoms with van der Waals surface area (Å²) in [5.74, 6) is 1.28. The van der Waals surface area contributed by atoms with E-state index in [2.05, 4.69) is 30.1 Å². The summed E-state index contributed by atoms with van der Waals surface area (Å²) in [6.45, 7) is 6.70. The van der Waals surface area contributed by atoms with Gasteiger partial charge in [0.15, 0.2) is 6.61 Å². The van der Waals surface area contributed by atoms with Crippen LogP contribution >= 0.6 is 0 Å². The van der Waals surface area contributed by atoms with Gasteiger partial charge in [-0.25, -0.2) is 0 Å². The number of likely N-dealkylation sites (tertiary alicyclic amines) is 1. The quantitative estimate of drug-likeness (QED) is 0.834. The molecule has 0 bridgehead atoms. The SMILES string of the molecule is CC[C@@H](C)c1ccccc1OCC(=O)NC1CCN(C2CC2)CC1. The summed E-state index contributed by atoms with van der Waals surface area (Å²) in [5, 5.41) is 3.14. The molecule has 1 saturated carbocycles. The maximum Gasteiger partial charge on any atom is 0.258 e. The lowest BCUT2D eigenvalue weighted by molar-refractivity contribution is -0.124. The van der Waals surface area contributed by atoms with E-state index in [1.54, 1.807) is 0 Å². The molecule has 1 saturated heterocycles. The van der Waals surface area contributed by atoms with Crippen LogP contribution in [-0.4, -0.2) is 42.6 Å².